The first kappa shape index (κ1) is 15.1. The highest BCUT2D eigenvalue weighted by Gasteiger charge is 2.08. The predicted octanol–water partition coefficient (Wildman–Crippen LogP) is 3.19. The maximum atomic E-state index is 5.11. The van der Waals surface area contributed by atoms with Gasteiger partial charge in [-0.3, -0.25) is 9.25 Å². The summed E-state index contributed by atoms with van der Waals surface area (Å²) in [6.45, 7) is 0.754. The number of hydrogen-bond donors (Lipinski definition) is 0. The van der Waals surface area contributed by atoms with E-state index in [1.165, 1.54) is 5.56 Å². The van der Waals surface area contributed by atoms with Gasteiger partial charge >= 0.3 is 0 Å². The van der Waals surface area contributed by atoms with E-state index in [-0.39, 0.29) is 0 Å². The Morgan fingerprint density at radius 2 is 1.84 bits per heavy atom. The van der Waals surface area contributed by atoms with Crippen molar-refractivity contribution in [2.24, 2.45) is 0 Å². The van der Waals surface area contributed by atoms with Crippen LogP contribution in [0, 0.1) is 0 Å². The summed E-state index contributed by atoms with van der Waals surface area (Å²) in [4.78, 5) is 8.76. The second kappa shape index (κ2) is 6.60. The molecule has 0 amide bonds. The molecule has 0 atom stereocenters. The van der Waals surface area contributed by atoms with Gasteiger partial charge in [-0.15, -0.1) is 0 Å². The number of rotatable bonds is 5. The second-order valence-electron chi connectivity index (χ2n) is 5.58. The van der Waals surface area contributed by atoms with Crippen LogP contribution in [0.4, 0.5) is 0 Å². The SMILES string of the molecule is COc1ccc(-n2ccnc2-c2ccc(Cn3cccn3)cc2)cn1. The normalized spacial score (nSPS) is 10.8. The molecule has 0 saturated carbocycles. The van der Waals surface area contributed by atoms with Crippen molar-refractivity contribution in [3.8, 4) is 23.0 Å². The van der Waals surface area contributed by atoms with Gasteiger partial charge in [0.25, 0.3) is 0 Å². The van der Waals surface area contributed by atoms with E-state index in [1.54, 1.807) is 25.7 Å². The molecule has 124 valence electrons. The molecule has 0 aliphatic rings. The van der Waals surface area contributed by atoms with Crippen LogP contribution in [0.25, 0.3) is 17.1 Å². The van der Waals surface area contributed by atoms with Gasteiger partial charge in [-0.1, -0.05) is 24.3 Å². The van der Waals surface area contributed by atoms with Crippen LogP contribution in [-0.4, -0.2) is 31.4 Å². The van der Waals surface area contributed by atoms with Crippen molar-refractivity contribution >= 4 is 0 Å². The number of ether oxygens (including phenoxy) is 1. The monoisotopic (exact) mass is 331 g/mol. The molecule has 0 fully saturated rings. The molecule has 1 aromatic carbocycles. The Morgan fingerprint density at radius 3 is 2.52 bits per heavy atom. The molecular formula is C19H17N5O. The lowest BCUT2D eigenvalue weighted by molar-refractivity contribution is 0.398. The Hall–Kier alpha value is -3.41. The van der Waals surface area contributed by atoms with Gasteiger partial charge in [0.1, 0.15) is 5.82 Å². The first-order chi connectivity index (χ1) is 12.3. The summed E-state index contributed by atoms with van der Waals surface area (Å²) in [5, 5.41) is 4.23. The van der Waals surface area contributed by atoms with E-state index in [0.717, 1.165) is 23.6 Å². The molecule has 4 rings (SSSR count). The highest BCUT2D eigenvalue weighted by atomic mass is 16.5. The topological polar surface area (TPSA) is 57.8 Å². The van der Waals surface area contributed by atoms with Gasteiger partial charge in [0.15, 0.2) is 0 Å². The van der Waals surface area contributed by atoms with E-state index in [2.05, 4.69) is 39.3 Å². The highest BCUT2D eigenvalue weighted by molar-refractivity contribution is 5.59. The van der Waals surface area contributed by atoms with Crippen molar-refractivity contribution in [2.45, 2.75) is 6.54 Å². The minimum Gasteiger partial charge on any atom is -0.481 e. The molecule has 4 aromatic rings. The summed E-state index contributed by atoms with van der Waals surface area (Å²) in [7, 11) is 1.61. The van der Waals surface area contributed by atoms with Gasteiger partial charge in [-0.25, -0.2) is 9.97 Å². The van der Waals surface area contributed by atoms with Crippen LogP contribution >= 0.6 is 0 Å². The third-order valence-electron chi connectivity index (χ3n) is 3.96. The maximum absolute atomic E-state index is 5.11. The molecule has 6 nitrogen and oxygen atoms in total. The standard InChI is InChI=1S/C19H17N5O/c1-25-18-8-7-17(13-21-18)24-12-10-20-19(24)16-5-3-15(4-6-16)14-23-11-2-9-22-23/h2-13H,14H2,1H3. The summed E-state index contributed by atoms with van der Waals surface area (Å²) in [5.41, 5.74) is 3.18. The summed E-state index contributed by atoms with van der Waals surface area (Å²) in [6, 6.07) is 14.1. The fourth-order valence-electron chi connectivity index (χ4n) is 2.70. The first-order valence-electron chi connectivity index (χ1n) is 7.94. The lowest BCUT2D eigenvalue weighted by Gasteiger charge is -2.09. The zero-order chi connectivity index (χ0) is 17.1. The van der Waals surface area contributed by atoms with Crippen LogP contribution in [0.15, 0.2) is 73.4 Å². The molecule has 0 bridgehead atoms. The summed E-state index contributed by atoms with van der Waals surface area (Å²) in [6.07, 6.45) is 9.23. The molecule has 0 radical (unpaired) electrons. The molecule has 3 aromatic heterocycles. The van der Waals surface area contributed by atoms with Crippen molar-refractivity contribution in [1.29, 1.82) is 0 Å². The van der Waals surface area contributed by atoms with E-state index < -0.39 is 0 Å². The number of benzene rings is 1. The van der Waals surface area contributed by atoms with Crippen molar-refractivity contribution in [2.75, 3.05) is 7.11 Å². The quantitative estimate of drug-likeness (QED) is 0.563. The van der Waals surface area contributed by atoms with E-state index in [9.17, 15) is 0 Å². The van der Waals surface area contributed by atoms with Crippen LogP contribution in [-0.2, 0) is 6.54 Å². The third kappa shape index (κ3) is 3.14. The smallest absolute Gasteiger partial charge is 0.213 e. The lowest BCUT2D eigenvalue weighted by Crippen LogP contribution is -2.00. The predicted molar refractivity (Wildman–Crippen MR) is 94.7 cm³/mol. The minimum atomic E-state index is 0.591. The largest absolute Gasteiger partial charge is 0.481 e. The van der Waals surface area contributed by atoms with Gasteiger partial charge in [-0.2, -0.15) is 5.10 Å². The Balaban J connectivity index is 1.61. The molecule has 0 spiro atoms. The molecule has 0 aliphatic carbocycles. The average molecular weight is 331 g/mol. The maximum Gasteiger partial charge on any atom is 0.213 e. The number of imidazole rings is 1. The zero-order valence-corrected chi connectivity index (χ0v) is 13.8. The van der Waals surface area contributed by atoms with Crippen LogP contribution in [0.2, 0.25) is 0 Å². The molecular weight excluding hydrogens is 314 g/mol. The van der Waals surface area contributed by atoms with Crippen molar-refractivity contribution < 1.29 is 4.74 Å². The highest BCUT2D eigenvalue weighted by Crippen LogP contribution is 2.22. The zero-order valence-electron chi connectivity index (χ0n) is 13.8. The summed E-state index contributed by atoms with van der Waals surface area (Å²) >= 11 is 0. The third-order valence-corrected chi connectivity index (χ3v) is 3.96. The van der Waals surface area contributed by atoms with Crippen LogP contribution in [0.3, 0.4) is 0 Å². The van der Waals surface area contributed by atoms with Gasteiger partial charge in [-0.05, 0) is 17.7 Å². The van der Waals surface area contributed by atoms with Crippen LogP contribution in [0.5, 0.6) is 5.88 Å². The number of aromatic nitrogens is 5. The minimum absolute atomic E-state index is 0.591. The fourth-order valence-corrected chi connectivity index (χ4v) is 2.70. The van der Waals surface area contributed by atoms with Gasteiger partial charge in [0.2, 0.25) is 5.88 Å². The summed E-state index contributed by atoms with van der Waals surface area (Å²) < 4.78 is 9.03. The van der Waals surface area contributed by atoms with Crippen LogP contribution < -0.4 is 4.74 Å². The Morgan fingerprint density at radius 1 is 0.960 bits per heavy atom. The number of methoxy groups -OCH3 is 1. The molecule has 25 heavy (non-hydrogen) atoms. The molecule has 0 N–H and O–H groups in total. The van der Waals surface area contributed by atoms with E-state index in [1.807, 2.05) is 39.8 Å². The van der Waals surface area contributed by atoms with Crippen molar-refractivity contribution in [3.05, 3.63) is 79.0 Å². The molecule has 6 heteroatoms. The van der Waals surface area contributed by atoms with Gasteiger partial charge in [0.05, 0.1) is 25.5 Å². The average Bonchev–Trinajstić information content (AvgIpc) is 3.34. The number of hydrogen-bond acceptors (Lipinski definition) is 4. The molecule has 0 aliphatic heterocycles. The number of nitrogens with zero attached hydrogens (tertiary/aromatic N) is 5. The Kier molecular flexibility index (Phi) is 4.00. The van der Waals surface area contributed by atoms with E-state index in [4.69, 9.17) is 4.74 Å². The van der Waals surface area contributed by atoms with Crippen LogP contribution in [0.1, 0.15) is 5.56 Å². The van der Waals surface area contributed by atoms with Gasteiger partial charge < -0.3 is 4.74 Å². The molecule has 3 heterocycles. The summed E-state index contributed by atoms with van der Waals surface area (Å²) in [5.74, 6) is 1.46. The van der Waals surface area contributed by atoms with Crippen molar-refractivity contribution in [3.63, 3.8) is 0 Å². The van der Waals surface area contributed by atoms with E-state index >= 15 is 0 Å². The Bertz CT molecular complexity index is 940. The van der Waals surface area contributed by atoms with Crippen molar-refractivity contribution in [1.82, 2.24) is 24.3 Å². The lowest BCUT2D eigenvalue weighted by atomic mass is 10.1. The Labute approximate surface area is 145 Å². The molecule has 0 saturated heterocycles. The van der Waals surface area contributed by atoms with E-state index in [0.29, 0.717) is 5.88 Å². The van der Waals surface area contributed by atoms with Gasteiger partial charge in [0, 0.05) is 36.4 Å². The second-order valence-corrected chi connectivity index (χ2v) is 5.58. The first-order valence-corrected chi connectivity index (χ1v) is 7.94. The number of pyridine rings is 1. The molecule has 0 unspecified atom stereocenters. The fraction of sp³-hybridized carbons (Fsp3) is 0.105.